The van der Waals surface area contributed by atoms with E-state index in [0.29, 0.717) is 25.7 Å². The van der Waals surface area contributed by atoms with Crippen molar-refractivity contribution in [3.05, 3.63) is 29.8 Å². The zero-order chi connectivity index (χ0) is 15.3. The minimum atomic E-state index is -0.802. The quantitative estimate of drug-likeness (QED) is 0.805. The lowest BCUT2D eigenvalue weighted by Crippen LogP contribution is -2.47. The number of rotatable bonds is 7. The molecule has 1 aromatic carbocycles. The van der Waals surface area contributed by atoms with Gasteiger partial charge in [0.15, 0.2) is 0 Å². The molecule has 0 aliphatic heterocycles. The molecule has 0 heterocycles. The molecule has 1 aromatic rings. The van der Waals surface area contributed by atoms with E-state index < -0.39 is 11.4 Å². The predicted octanol–water partition coefficient (Wildman–Crippen LogP) is 2.00. The Kier molecular flexibility index (Phi) is 4.83. The number of carbonyl (C=O) groups excluding carboxylic acids is 1. The second-order valence-electron chi connectivity index (χ2n) is 5.56. The molecule has 21 heavy (non-hydrogen) atoms. The SMILES string of the molecule is COc1ccc(CCC(=O)NCC2(C(=O)O)CCC2)cc1. The van der Waals surface area contributed by atoms with Crippen LogP contribution in [-0.4, -0.2) is 30.6 Å². The molecular weight excluding hydrogens is 270 g/mol. The number of carbonyl (C=O) groups is 2. The molecule has 0 unspecified atom stereocenters. The van der Waals surface area contributed by atoms with E-state index in [2.05, 4.69) is 5.32 Å². The number of carboxylic acid groups (broad SMARTS) is 1. The van der Waals surface area contributed by atoms with E-state index in [1.165, 1.54) is 0 Å². The summed E-state index contributed by atoms with van der Waals surface area (Å²) in [5.74, 6) is -0.112. The summed E-state index contributed by atoms with van der Waals surface area (Å²) in [6, 6.07) is 7.58. The fourth-order valence-corrected chi connectivity index (χ4v) is 2.48. The lowest BCUT2D eigenvalue weighted by Gasteiger charge is -2.37. The molecule has 0 aromatic heterocycles. The van der Waals surface area contributed by atoms with Crippen molar-refractivity contribution in [1.82, 2.24) is 5.32 Å². The fraction of sp³-hybridized carbons (Fsp3) is 0.500. The summed E-state index contributed by atoms with van der Waals surface area (Å²) in [6.45, 7) is 0.240. The van der Waals surface area contributed by atoms with Crippen LogP contribution in [0.3, 0.4) is 0 Å². The molecule has 1 aliphatic carbocycles. The maximum Gasteiger partial charge on any atom is 0.311 e. The standard InChI is InChI=1S/C16H21NO4/c1-21-13-6-3-12(4-7-13)5-8-14(18)17-11-16(15(19)20)9-2-10-16/h3-4,6-7H,2,5,8-11H2,1H3,(H,17,18)(H,19,20). The van der Waals surface area contributed by atoms with Crippen LogP contribution < -0.4 is 10.1 Å². The first-order valence-electron chi connectivity index (χ1n) is 7.19. The number of methoxy groups -OCH3 is 1. The highest BCUT2D eigenvalue weighted by molar-refractivity contribution is 5.79. The Morgan fingerprint density at radius 1 is 1.29 bits per heavy atom. The minimum Gasteiger partial charge on any atom is -0.497 e. The van der Waals surface area contributed by atoms with Crippen molar-refractivity contribution in [3.63, 3.8) is 0 Å². The van der Waals surface area contributed by atoms with Gasteiger partial charge >= 0.3 is 5.97 Å². The number of hydrogen-bond donors (Lipinski definition) is 2. The van der Waals surface area contributed by atoms with Gasteiger partial charge in [-0.1, -0.05) is 18.6 Å². The van der Waals surface area contributed by atoms with E-state index in [1.807, 2.05) is 24.3 Å². The van der Waals surface area contributed by atoms with Crippen molar-refractivity contribution < 1.29 is 19.4 Å². The van der Waals surface area contributed by atoms with Crippen LogP contribution in [0.5, 0.6) is 5.75 Å². The summed E-state index contributed by atoms with van der Waals surface area (Å²) in [7, 11) is 1.61. The zero-order valence-electron chi connectivity index (χ0n) is 12.2. The van der Waals surface area contributed by atoms with E-state index in [9.17, 15) is 14.7 Å². The molecule has 1 aliphatic rings. The van der Waals surface area contributed by atoms with Gasteiger partial charge < -0.3 is 15.2 Å². The van der Waals surface area contributed by atoms with Crippen LogP contribution in [0.2, 0.25) is 0 Å². The molecule has 0 bridgehead atoms. The van der Waals surface area contributed by atoms with Crippen LogP contribution in [0.4, 0.5) is 0 Å². The number of nitrogens with one attached hydrogen (secondary N) is 1. The van der Waals surface area contributed by atoms with Crippen molar-refractivity contribution in [3.8, 4) is 5.75 Å². The van der Waals surface area contributed by atoms with Gasteiger partial charge in [0.1, 0.15) is 5.75 Å². The molecule has 114 valence electrons. The summed E-state index contributed by atoms with van der Waals surface area (Å²) in [5.41, 5.74) is 0.331. The van der Waals surface area contributed by atoms with Gasteiger partial charge in [-0.25, -0.2) is 0 Å². The van der Waals surface area contributed by atoms with Crippen LogP contribution in [0.25, 0.3) is 0 Å². The summed E-state index contributed by atoms with van der Waals surface area (Å²) in [4.78, 5) is 23.0. The van der Waals surface area contributed by atoms with E-state index in [0.717, 1.165) is 17.7 Å². The number of benzene rings is 1. The molecule has 0 spiro atoms. The molecule has 1 fully saturated rings. The molecule has 1 saturated carbocycles. The van der Waals surface area contributed by atoms with Crippen molar-refractivity contribution in [2.45, 2.75) is 32.1 Å². The van der Waals surface area contributed by atoms with Crippen molar-refractivity contribution in [2.24, 2.45) is 5.41 Å². The second-order valence-corrected chi connectivity index (χ2v) is 5.56. The lowest BCUT2D eigenvalue weighted by molar-refractivity contribution is -0.154. The average molecular weight is 291 g/mol. The summed E-state index contributed by atoms with van der Waals surface area (Å²) in [5, 5.41) is 11.9. The molecule has 0 radical (unpaired) electrons. The number of amides is 1. The number of aryl methyl sites for hydroxylation is 1. The molecule has 1 amide bonds. The van der Waals surface area contributed by atoms with E-state index in [1.54, 1.807) is 7.11 Å². The van der Waals surface area contributed by atoms with Gasteiger partial charge in [-0.05, 0) is 37.0 Å². The highest BCUT2D eigenvalue weighted by Gasteiger charge is 2.44. The number of hydrogen-bond acceptors (Lipinski definition) is 3. The third-order valence-electron chi connectivity index (χ3n) is 4.19. The Labute approximate surface area is 124 Å². The van der Waals surface area contributed by atoms with E-state index >= 15 is 0 Å². The topological polar surface area (TPSA) is 75.6 Å². The van der Waals surface area contributed by atoms with Gasteiger partial charge in [0.25, 0.3) is 0 Å². The monoisotopic (exact) mass is 291 g/mol. The van der Waals surface area contributed by atoms with Gasteiger partial charge in [0.05, 0.1) is 12.5 Å². The molecule has 2 N–H and O–H groups in total. The predicted molar refractivity (Wildman–Crippen MR) is 78.2 cm³/mol. The Morgan fingerprint density at radius 3 is 2.43 bits per heavy atom. The maximum atomic E-state index is 11.8. The Hall–Kier alpha value is -2.04. The average Bonchev–Trinajstić information content (AvgIpc) is 2.44. The number of ether oxygens (including phenoxy) is 1. The molecule has 0 atom stereocenters. The maximum absolute atomic E-state index is 11.8. The molecule has 0 saturated heterocycles. The van der Waals surface area contributed by atoms with E-state index in [-0.39, 0.29) is 12.5 Å². The van der Waals surface area contributed by atoms with Gasteiger partial charge in [-0.2, -0.15) is 0 Å². The number of aliphatic carboxylic acids is 1. The van der Waals surface area contributed by atoms with Gasteiger partial charge in [-0.3, -0.25) is 9.59 Å². The third kappa shape index (κ3) is 3.74. The lowest BCUT2D eigenvalue weighted by atomic mass is 9.69. The second kappa shape index (κ2) is 6.61. The van der Waals surface area contributed by atoms with E-state index in [4.69, 9.17) is 4.74 Å². The summed E-state index contributed by atoms with van der Waals surface area (Å²) < 4.78 is 5.08. The van der Waals surface area contributed by atoms with Crippen molar-refractivity contribution >= 4 is 11.9 Å². The molecular formula is C16H21NO4. The highest BCUT2D eigenvalue weighted by atomic mass is 16.5. The van der Waals surface area contributed by atoms with Gasteiger partial charge in [0.2, 0.25) is 5.91 Å². The van der Waals surface area contributed by atoms with Crippen LogP contribution >= 0.6 is 0 Å². The van der Waals surface area contributed by atoms with Crippen LogP contribution in [0.15, 0.2) is 24.3 Å². The molecule has 5 nitrogen and oxygen atoms in total. The smallest absolute Gasteiger partial charge is 0.311 e. The Bertz CT molecular complexity index is 506. The van der Waals surface area contributed by atoms with Gasteiger partial charge in [-0.15, -0.1) is 0 Å². The first-order valence-corrected chi connectivity index (χ1v) is 7.19. The summed E-state index contributed by atoms with van der Waals surface area (Å²) in [6.07, 6.45) is 3.23. The first-order chi connectivity index (χ1) is 10.1. The highest BCUT2D eigenvalue weighted by Crippen LogP contribution is 2.40. The zero-order valence-corrected chi connectivity index (χ0v) is 12.2. The van der Waals surface area contributed by atoms with Crippen LogP contribution in [0, 0.1) is 5.41 Å². The van der Waals surface area contributed by atoms with Gasteiger partial charge in [0, 0.05) is 13.0 Å². The summed E-state index contributed by atoms with van der Waals surface area (Å²) >= 11 is 0. The largest absolute Gasteiger partial charge is 0.497 e. The first kappa shape index (κ1) is 15.4. The Balaban J connectivity index is 1.75. The fourth-order valence-electron chi connectivity index (χ4n) is 2.48. The third-order valence-corrected chi connectivity index (χ3v) is 4.19. The molecule has 5 heteroatoms. The van der Waals surface area contributed by atoms with Crippen molar-refractivity contribution in [1.29, 1.82) is 0 Å². The number of carboxylic acids is 1. The Morgan fingerprint density at radius 2 is 1.95 bits per heavy atom. The molecule has 2 rings (SSSR count). The minimum absolute atomic E-state index is 0.0988. The van der Waals surface area contributed by atoms with Crippen LogP contribution in [0.1, 0.15) is 31.2 Å². The van der Waals surface area contributed by atoms with Crippen LogP contribution in [-0.2, 0) is 16.0 Å². The normalized spacial score (nSPS) is 15.9. The van der Waals surface area contributed by atoms with Crippen molar-refractivity contribution in [2.75, 3.05) is 13.7 Å².